The van der Waals surface area contributed by atoms with E-state index in [2.05, 4.69) is 5.32 Å². The molecule has 20 heavy (non-hydrogen) atoms. The Kier molecular flexibility index (Phi) is 2.83. The molecule has 0 fully saturated rings. The van der Waals surface area contributed by atoms with Gasteiger partial charge in [0.25, 0.3) is 0 Å². The normalized spacial score (nSPS) is 12.2. The first-order valence-corrected chi connectivity index (χ1v) is 5.93. The van der Waals surface area contributed by atoms with E-state index in [0.717, 1.165) is 0 Å². The minimum absolute atomic E-state index is 0.114. The summed E-state index contributed by atoms with van der Waals surface area (Å²) in [6.45, 7) is 0.195. The third-order valence-electron chi connectivity index (χ3n) is 2.93. The van der Waals surface area contributed by atoms with Crippen molar-refractivity contribution in [3.05, 3.63) is 42.0 Å². The lowest BCUT2D eigenvalue weighted by atomic mass is 10.1. The number of aromatic carboxylic acids is 1. The van der Waals surface area contributed by atoms with Gasteiger partial charge in [-0.25, -0.2) is 4.79 Å². The lowest BCUT2D eigenvalue weighted by Crippen LogP contribution is -2.03. The molecule has 0 radical (unpaired) electrons. The number of anilines is 3. The number of carboxylic acid groups (broad SMARTS) is 1. The summed E-state index contributed by atoms with van der Waals surface area (Å²) in [6.07, 6.45) is 0. The van der Waals surface area contributed by atoms with Gasteiger partial charge in [-0.1, -0.05) is 0 Å². The van der Waals surface area contributed by atoms with Gasteiger partial charge in [0.05, 0.1) is 11.3 Å². The summed E-state index contributed by atoms with van der Waals surface area (Å²) in [5, 5.41) is 12.2. The number of hydrogen-bond acceptors (Lipinski definition) is 5. The van der Waals surface area contributed by atoms with Crippen LogP contribution in [-0.4, -0.2) is 17.9 Å². The summed E-state index contributed by atoms with van der Waals surface area (Å²) in [6, 6.07) is 9.99. The molecule has 6 heteroatoms. The molecule has 1 aliphatic heterocycles. The van der Waals surface area contributed by atoms with E-state index in [9.17, 15) is 9.90 Å². The first-order valence-electron chi connectivity index (χ1n) is 5.93. The Balaban J connectivity index is 1.93. The van der Waals surface area contributed by atoms with Crippen molar-refractivity contribution in [2.45, 2.75) is 0 Å². The van der Waals surface area contributed by atoms with Crippen LogP contribution in [0.1, 0.15) is 10.4 Å². The van der Waals surface area contributed by atoms with Crippen LogP contribution in [0.3, 0.4) is 0 Å². The fraction of sp³-hybridized carbons (Fsp3) is 0.0714. The number of carbonyl (C=O) groups is 1. The van der Waals surface area contributed by atoms with E-state index in [1.807, 2.05) is 0 Å². The van der Waals surface area contributed by atoms with Crippen molar-refractivity contribution in [2.24, 2.45) is 0 Å². The Morgan fingerprint density at radius 2 is 1.95 bits per heavy atom. The highest BCUT2D eigenvalue weighted by Gasteiger charge is 2.15. The second-order valence-electron chi connectivity index (χ2n) is 4.30. The number of ether oxygens (including phenoxy) is 2. The van der Waals surface area contributed by atoms with E-state index in [1.54, 1.807) is 30.3 Å². The van der Waals surface area contributed by atoms with Crippen LogP contribution in [0.25, 0.3) is 0 Å². The molecule has 102 valence electrons. The van der Waals surface area contributed by atoms with Crippen LogP contribution in [0.15, 0.2) is 36.4 Å². The highest BCUT2D eigenvalue weighted by Crippen LogP contribution is 2.35. The summed E-state index contributed by atoms with van der Waals surface area (Å²) in [4.78, 5) is 11.2. The molecular formula is C14H12N2O4. The molecule has 1 aliphatic rings. The van der Waals surface area contributed by atoms with Gasteiger partial charge >= 0.3 is 5.97 Å². The minimum Gasteiger partial charge on any atom is -0.478 e. The Hall–Kier alpha value is -2.89. The molecule has 0 saturated carbocycles. The van der Waals surface area contributed by atoms with E-state index in [1.165, 1.54) is 6.07 Å². The molecule has 6 nitrogen and oxygen atoms in total. The predicted molar refractivity (Wildman–Crippen MR) is 73.7 cm³/mol. The molecule has 0 amide bonds. The maximum absolute atomic E-state index is 11.2. The summed E-state index contributed by atoms with van der Waals surface area (Å²) >= 11 is 0. The summed E-state index contributed by atoms with van der Waals surface area (Å²) < 4.78 is 10.5. The molecular weight excluding hydrogens is 260 g/mol. The lowest BCUT2D eigenvalue weighted by molar-refractivity contribution is 0.0698. The molecule has 0 bridgehead atoms. The van der Waals surface area contributed by atoms with Crippen molar-refractivity contribution in [1.29, 1.82) is 0 Å². The minimum atomic E-state index is -1.04. The number of nitrogens with two attached hydrogens (primary N) is 1. The topological polar surface area (TPSA) is 93.8 Å². The number of fused-ring (bicyclic) bond motifs is 1. The number of benzene rings is 2. The van der Waals surface area contributed by atoms with Crippen LogP contribution in [0.2, 0.25) is 0 Å². The van der Waals surface area contributed by atoms with Crippen LogP contribution in [0, 0.1) is 0 Å². The van der Waals surface area contributed by atoms with Crippen molar-refractivity contribution in [3.63, 3.8) is 0 Å². The highest BCUT2D eigenvalue weighted by molar-refractivity contribution is 5.96. The van der Waals surface area contributed by atoms with E-state index in [-0.39, 0.29) is 12.4 Å². The van der Waals surface area contributed by atoms with Gasteiger partial charge in [0.2, 0.25) is 6.79 Å². The number of carboxylic acids is 1. The maximum Gasteiger partial charge on any atom is 0.337 e. The van der Waals surface area contributed by atoms with E-state index < -0.39 is 5.97 Å². The molecule has 0 saturated heterocycles. The fourth-order valence-electron chi connectivity index (χ4n) is 1.98. The Morgan fingerprint density at radius 3 is 2.75 bits per heavy atom. The second kappa shape index (κ2) is 4.65. The van der Waals surface area contributed by atoms with Gasteiger partial charge in [0, 0.05) is 17.4 Å². The number of rotatable bonds is 3. The van der Waals surface area contributed by atoms with Gasteiger partial charge in [-0.3, -0.25) is 0 Å². The number of hydrogen-bond donors (Lipinski definition) is 3. The maximum atomic E-state index is 11.2. The van der Waals surface area contributed by atoms with Crippen LogP contribution >= 0.6 is 0 Å². The average Bonchev–Trinajstić information content (AvgIpc) is 2.88. The van der Waals surface area contributed by atoms with Gasteiger partial charge < -0.3 is 25.6 Å². The fourth-order valence-corrected chi connectivity index (χ4v) is 1.98. The Morgan fingerprint density at radius 1 is 1.15 bits per heavy atom. The molecule has 4 N–H and O–H groups in total. The van der Waals surface area contributed by atoms with Crippen LogP contribution in [0.4, 0.5) is 17.1 Å². The van der Waals surface area contributed by atoms with Crippen molar-refractivity contribution in [1.82, 2.24) is 0 Å². The molecule has 0 aromatic heterocycles. The lowest BCUT2D eigenvalue weighted by Gasteiger charge is -2.10. The molecule has 3 rings (SSSR count). The second-order valence-corrected chi connectivity index (χ2v) is 4.30. The molecule has 2 aromatic rings. The third kappa shape index (κ3) is 2.18. The van der Waals surface area contributed by atoms with Gasteiger partial charge in [-0.15, -0.1) is 0 Å². The summed E-state index contributed by atoms with van der Waals surface area (Å²) in [5.41, 5.74) is 7.29. The highest BCUT2D eigenvalue weighted by atomic mass is 16.7. The van der Waals surface area contributed by atoms with E-state index >= 15 is 0 Å². The predicted octanol–water partition coefficient (Wildman–Crippen LogP) is 2.44. The smallest absolute Gasteiger partial charge is 0.337 e. The van der Waals surface area contributed by atoms with Gasteiger partial charge in [-0.2, -0.15) is 0 Å². The van der Waals surface area contributed by atoms with Crippen LogP contribution in [-0.2, 0) is 0 Å². The quantitative estimate of drug-likeness (QED) is 0.743. The average molecular weight is 272 g/mol. The third-order valence-corrected chi connectivity index (χ3v) is 2.93. The van der Waals surface area contributed by atoms with Crippen LogP contribution in [0.5, 0.6) is 11.5 Å². The number of nitrogen functional groups attached to an aromatic ring is 1. The standard InChI is InChI=1S/C14H12N2O4/c15-8-1-3-11(10(5-8)14(17)18)16-9-2-4-12-13(6-9)20-7-19-12/h1-6,16H,7,15H2,(H,17,18). The van der Waals surface area contributed by atoms with Crippen molar-refractivity contribution in [2.75, 3.05) is 17.8 Å². The van der Waals surface area contributed by atoms with Crippen molar-refractivity contribution < 1.29 is 19.4 Å². The largest absolute Gasteiger partial charge is 0.478 e. The molecule has 0 spiro atoms. The first-order chi connectivity index (χ1) is 9.63. The molecule has 0 atom stereocenters. The summed E-state index contributed by atoms with van der Waals surface area (Å²) in [7, 11) is 0. The zero-order chi connectivity index (χ0) is 14.1. The molecule has 0 unspecified atom stereocenters. The zero-order valence-electron chi connectivity index (χ0n) is 10.4. The molecule has 1 heterocycles. The zero-order valence-corrected chi connectivity index (χ0v) is 10.4. The van der Waals surface area contributed by atoms with Gasteiger partial charge in [0.15, 0.2) is 11.5 Å². The number of nitrogens with one attached hydrogen (secondary N) is 1. The first kappa shape index (κ1) is 12.2. The summed E-state index contributed by atoms with van der Waals surface area (Å²) in [5.74, 6) is 0.258. The SMILES string of the molecule is Nc1ccc(Nc2ccc3c(c2)OCO3)c(C(=O)O)c1. The molecule has 0 aliphatic carbocycles. The van der Waals surface area contributed by atoms with E-state index in [4.69, 9.17) is 15.2 Å². The van der Waals surface area contributed by atoms with E-state index in [0.29, 0.717) is 28.6 Å². The Bertz CT molecular complexity index is 685. The van der Waals surface area contributed by atoms with Gasteiger partial charge in [0.1, 0.15) is 0 Å². The van der Waals surface area contributed by atoms with Crippen LogP contribution < -0.4 is 20.5 Å². The van der Waals surface area contributed by atoms with Crippen molar-refractivity contribution >= 4 is 23.0 Å². The monoisotopic (exact) mass is 272 g/mol. The Labute approximate surface area is 114 Å². The molecule has 2 aromatic carbocycles. The van der Waals surface area contributed by atoms with Crippen molar-refractivity contribution in [3.8, 4) is 11.5 Å². The van der Waals surface area contributed by atoms with Gasteiger partial charge in [-0.05, 0) is 30.3 Å².